The first-order valence-electron chi connectivity index (χ1n) is 12.5. The Morgan fingerprint density at radius 1 is 1.11 bits per heavy atom. The van der Waals surface area contributed by atoms with E-state index in [4.69, 9.17) is 25.5 Å². The summed E-state index contributed by atoms with van der Waals surface area (Å²) >= 11 is 0. The van der Waals surface area contributed by atoms with Crippen LogP contribution in [-0.4, -0.2) is 77.4 Å². The zero-order valence-electron chi connectivity index (χ0n) is 21.5. The number of benzene rings is 1. The van der Waals surface area contributed by atoms with Crippen LogP contribution in [0.25, 0.3) is 16.7 Å². The smallest absolute Gasteiger partial charge is 0.222 e. The molecule has 1 saturated heterocycles. The molecule has 0 spiro atoms. The lowest BCUT2D eigenvalue weighted by Crippen LogP contribution is -2.47. The number of hydrogen-bond donors (Lipinski definition) is 2. The fourth-order valence-corrected chi connectivity index (χ4v) is 4.42. The van der Waals surface area contributed by atoms with Crippen molar-refractivity contribution in [3.05, 3.63) is 66.7 Å². The summed E-state index contributed by atoms with van der Waals surface area (Å²) in [6, 6.07) is 11.8. The van der Waals surface area contributed by atoms with Gasteiger partial charge in [0, 0.05) is 45.5 Å². The second-order valence-corrected chi connectivity index (χ2v) is 8.97. The van der Waals surface area contributed by atoms with Gasteiger partial charge in [-0.2, -0.15) is 10.1 Å². The van der Waals surface area contributed by atoms with E-state index in [0.717, 1.165) is 38.5 Å². The van der Waals surface area contributed by atoms with Crippen molar-refractivity contribution in [1.82, 2.24) is 24.3 Å². The number of ether oxygens (including phenoxy) is 2. The molecule has 1 aliphatic rings. The van der Waals surface area contributed by atoms with Crippen LogP contribution in [0.3, 0.4) is 0 Å². The Hall–Kier alpha value is -4.29. The SMILES string of the molecule is C=C(N=c1c2cnn(CCN3CCN(c4ccc(OCCOC)cc4)CC3)c2nc(N)n1N)c1ccco1. The second kappa shape index (κ2) is 11.4. The molecule has 3 aromatic heterocycles. The molecule has 0 amide bonds. The van der Waals surface area contributed by atoms with E-state index in [0.29, 0.717) is 47.7 Å². The van der Waals surface area contributed by atoms with E-state index in [-0.39, 0.29) is 5.95 Å². The maximum Gasteiger partial charge on any atom is 0.222 e. The Kier molecular flexibility index (Phi) is 7.61. The van der Waals surface area contributed by atoms with Crippen molar-refractivity contribution in [1.29, 1.82) is 0 Å². The van der Waals surface area contributed by atoms with E-state index < -0.39 is 0 Å². The molecular weight excluding hydrogens is 486 g/mol. The van der Waals surface area contributed by atoms with Crippen molar-refractivity contribution in [2.24, 2.45) is 4.99 Å². The number of nitrogens with two attached hydrogens (primary N) is 2. The third-order valence-corrected chi connectivity index (χ3v) is 6.55. The Morgan fingerprint density at radius 2 is 1.89 bits per heavy atom. The van der Waals surface area contributed by atoms with Crippen LogP contribution in [0.1, 0.15) is 5.76 Å². The third kappa shape index (κ3) is 5.50. The first-order valence-corrected chi connectivity index (χ1v) is 12.5. The van der Waals surface area contributed by atoms with Gasteiger partial charge in [0.1, 0.15) is 18.1 Å². The van der Waals surface area contributed by atoms with E-state index in [1.807, 2.05) is 16.8 Å². The van der Waals surface area contributed by atoms with Crippen LogP contribution in [0.4, 0.5) is 11.6 Å². The lowest BCUT2D eigenvalue weighted by molar-refractivity contribution is 0.146. The summed E-state index contributed by atoms with van der Waals surface area (Å²) in [7, 11) is 1.67. The van der Waals surface area contributed by atoms with Crippen molar-refractivity contribution in [3.8, 4) is 5.75 Å². The summed E-state index contributed by atoms with van der Waals surface area (Å²) in [4.78, 5) is 13.8. The van der Waals surface area contributed by atoms with Gasteiger partial charge in [0.25, 0.3) is 0 Å². The molecule has 4 heterocycles. The fraction of sp³-hybridized carbons (Fsp3) is 0.346. The first-order chi connectivity index (χ1) is 18.5. The number of hydrogen-bond acceptors (Lipinski definition) is 10. The zero-order chi connectivity index (χ0) is 26.5. The van der Waals surface area contributed by atoms with Gasteiger partial charge in [-0.15, -0.1) is 0 Å². The minimum atomic E-state index is 0.133. The average Bonchev–Trinajstić information content (AvgIpc) is 3.62. The van der Waals surface area contributed by atoms with E-state index in [2.05, 4.69) is 43.6 Å². The first kappa shape index (κ1) is 25.4. The lowest BCUT2D eigenvalue weighted by Gasteiger charge is -2.36. The average molecular weight is 520 g/mol. The van der Waals surface area contributed by atoms with Gasteiger partial charge in [-0.3, -0.25) is 4.90 Å². The molecule has 1 aliphatic heterocycles. The van der Waals surface area contributed by atoms with Crippen molar-refractivity contribution in [2.75, 3.05) is 69.5 Å². The highest BCUT2D eigenvalue weighted by molar-refractivity contribution is 5.75. The summed E-state index contributed by atoms with van der Waals surface area (Å²) in [5, 5.41) is 5.24. The van der Waals surface area contributed by atoms with Gasteiger partial charge in [-0.05, 0) is 36.4 Å². The van der Waals surface area contributed by atoms with Gasteiger partial charge in [0.15, 0.2) is 16.9 Å². The molecule has 0 radical (unpaired) electrons. The highest BCUT2D eigenvalue weighted by atomic mass is 16.5. The lowest BCUT2D eigenvalue weighted by atomic mass is 10.2. The molecule has 5 rings (SSSR count). The molecule has 4 N–H and O–H groups in total. The summed E-state index contributed by atoms with van der Waals surface area (Å²) in [5.41, 5.74) is 8.78. The Labute approximate surface area is 220 Å². The number of piperazine rings is 1. The largest absolute Gasteiger partial charge is 0.491 e. The molecule has 0 atom stereocenters. The number of nitrogens with zero attached hydrogens (tertiary/aromatic N) is 7. The maximum absolute atomic E-state index is 6.15. The molecule has 12 heteroatoms. The molecule has 0 aliphatic carbocycles. The fourth-order valence-electron chi connectivity index (χ4n) is 4.42. The minimum absolute atomic E-state index is 0.133. The summed E-state index contributed by atoms with van der Waals surface area (Å²) in [5.74, 6) is 7.68. The Bertz CT molecular complexity index is 1430. The molecular formula is C26H33N9O3. The molecule has 0 bridgehead atoms. The van der Waals surface area contributed by atoms with Crippen molar-refractivity contribution in [2.45, 2.75) is 6.54 Å². The van der Waals surface area contributed by atoms with Crippen LogP contribution in [0.5, 0.6) is 5.75 Å². The Balaban J connectivity index is 1.21. The van der Waals surface area contributed by atoms with Crippen molar-refractivity contribution >= 4 is 28.4 Å². The van der Waals surface area contributed by atoms with Crippen LogP contribution in [0.15, 0.2) is 64.8 Å². The number of rotatable bonds is 10. The van der Waals surface area contributed by atoms with Crippen LogP contribution in [0, 0.1) is 0 Å². The number of aromatic nitrogens is 4. The van der Waals surface area contributed by atoms with E-state index in [1.165, 1.54) is 10.4 Å². The Morgan fingerprint density at radius 3 is 2.61 bits per heavy atom. The standard InChI is InChI=1S/C26H33N9O3/c1-19(23-4-3-15-38-23)30-25-22-18-29-34(24(22)31-26(27)35(25)28)14-11-32-9-12-33(13-10-32)20-5-7-21(8-6-20)37-17-16-36-2/h3-8,15,18H,1,9-14,16-17,28H2,2H3,(H2,27,31). The molecule has 1 aromatic carbocycles. The maximum atomic E-state index is 6.15. The van der Waals surface area contributed by atoms with Gasteiger partial charge >= 0.3 is 0 Å². The van der Waals surface area contributed by atoms with E-state index in [9.17, 15) is 0 Å². The quantitative estimate of drug-likeness (QED) is 0.236. The third-order valence-electron chi connectivity index (χ3n) is 6.55. The monoisotopic (exact) mass is 519 g/mol. The van der Waals surface area contributed by atoms with Crippen LogP contribution in [-0.2, 0) is 11.3 Å². The molecule has 12 nitrogen and oxygen atoms in total. The molecule has 1 fully saturated rings. The molecule has 0 saturated carbocycles. The highest BCUT2D eigenvalue weighted by Gasteiger charge is 2.18. The zero-order valence-corrected chi connectivity index (χ0v) is 21.5. The number of nitrogen functional groups attached to an aromatic ring is 2. The molecule has 38 heavy (non-hydrogen) atoms. The predicted octanol–water partition coefficient (Wildman–Crippen LogP) is 1.54. The van der Waals surface area contributed by atoms with Crippen LogP contribution >= 0.6 is 0 Å². The summed E-state index contributed by atoms with van der Waals surface area (Å²) in [6.07, 6.45) is 3.27. The van der Waals surface area contributed by atoms with Gasteiger partial charge in [0.05, 0.1) is 31.0 Å². The van der Waals surface area contributed by atoms with E-state index >= 15 is 0 Å². The summed E-state index contributed by atoms with van der Waals surface area (Å²) in [6.45, 7) is 10.4. The normalized spacial score (nSPS) is 14.9. The highest BCUT2D eigenvalue weighted by Crippen LogP contribution is 2.21. The summed E-state index contributed by atoms with van der Waals surface area (Å²) < 4.78 is 19.2. The van der Waals surface area contributed by atoms with Crippen molar-refractivity contribution in [3.63, 3.8) is 0 Å². The number of anilines is 2. The van der Waals surface area contributed by atoms with Crippen LogP contribution in [0.2, 0.25) is 0 Å². The van der Waals surface area contributed by atoms with E-state index in [1.54, 1.807) is 31.7 Å². The molecule has 0 unspecified atom stereocenters. The molecule has 4 aromatic rings. The number of methoxy groups -OCH3 is 1. The van der Waals surface area contributed by atoms with Gasteiger partial charge in [-0.1, -0.05) is 6.58 Å². The van der Waals surface area contributed by atoms with Gasteiger partial charge in [0.2, 0.25) is 5.95 Å². The number of fused-ring (bicyclic) bond motifs is 1. The minimum Gasteiger partial charge on any atom is -0.491 e. The van der Waals surface area contributed by atoms with Gasteiger partial charge < -0.3 is 30.4 Å². The predicted molar refractivity (Wildman–Crippen MR) is 146 cm³/mol. The second-order valence-electron chi connectivity index (χ2n) is 8.97. The van der Waals surface area contributed by atoms with Crippen molar-refractivity contribution < 1.29 is 13.9 Å². The topological polar surface area (TPSA) is 138 Å². The number of furan rings is 1. The van der Waals surface area contributed by atoms with Crippen LogP contribution < -0.4 is 26.7 Å². The molecule has 200 valence electrons. The van der Waals surface area contributed by atoms with Gasteiger partial charge in [-0.25, -0.2) is 14.4 Å².